The number of thiocarbonyl (C=S) groups is 2. The zero-order chi connectivity index (χ0) is 28.0. The smallest absolute Gasteiger partial charge is 0.248 e. The van der Waals surface area contributed by atoms with Crippen molar-refractivity contribution in [2.75, 3.05) is 39.3 Å². The zero-order valence-corrected chi connectivity index (χ0v) is 25.1. The molecule has 2 rings (SSSR count). The molecule has 0 atom stereocenters. The van der Waals surface area contributed by atoms with Crippen LogP contribution in [-0.2, 0) is 19.2 Å². The lowest BCUT2D eigenvalue weighted by Crippen LogP contribution is -2.39. The molecule has 8 nitrogen and oxygen atoms in total. The second-order valence-corrected chi connectivity index (χ2v) is 12.5. The maximum atomic E-state index is 12.5. The van der Waals surface area contributed by atoms with Gasteiger partial charge in [0, 0.05) is 51.9 Å². The molecular weight excluding hydrogens is 508 g/mol. The number of nitrogens with zero attached hydrogens (tertiary/aromatic N) is 4. The first-order chi connectivity index (χ1) is 17.2. The Labute approximate surface area is 233 Å². The molecule has 10 heteroatoms. The van der Waals surface area contributed by atoms with E-state index in [4.69, 9.17) is 24.4 Å². The highest BCUT2D eigenvalue weighted by Gasteiger charge is 2.36. The third-order valence-electron chi connectivity index (χ3n) is 7.27. The molecule has 0 aromatic heterocycles. The monoisotopic (exact) mass is 552 g/mol. The lowest BCUT2D eigenvalue weighted by molar-refractivity contribution is -0.126. The lowest BCUT2D eigenvalue weighted by Gasteiger charge is -2.30. The van der Waals surface area contributed by atoms with Gasteiger partial charge in [0.2, 0.25) is 11.8 Å². The molecule has 0 spiro atoms. The van der Waals surface area contributed by atoms with Crippen LogP contribution in [0.15, 0.2) is 0 Å². The van der Waals surface area contributed by atoms with Crippen LogP contribution in [0, 0.1) is 10.8 Å². The summed E-state index contributed by atoms with van der Waals surface area (Å²) in [6, 6.07) is 0. The third kappa shape index (κ3) is 9.09. The van der Waals surface area contributed by atoms with E-state index >= 15 is 0 Å². The molecule has 0 saturated carbocycles. The number of amides is 2. The molecule has 208 valence electrons. The van der Waals surface area contributed by atoms with Crippen LogP contribution < -0.4 is 0 Å². The number of hydrogen-bond donors (Lipinski definition) is 0. The van der Waals surface area contributed by atoms with Gasteiger partial charge in [-0.1, -0.05) is 27.7 Å². The summed E-state index contributed by atoms with van der Waals surface area (Å²) in [5.74, 6) is 0.331. The van der Waals surface area contributed by atoms with E-state index in [0.29, 0.717) is 94.4 Å². The van der Waals surface area contributed by atoms with E-state index in [0.717, 1.165) is 0 Å². The number of Topliss-reactive ketones (excluding diaryl/α,β-unsaturated/α-hetero) is 2. The Morgan fingerprint density at radius 1 is 0.703 bits per heavy atom. The highest BCUT2D eigenvalue weighted by molar-refractivity contribution is 7.80. The second-order valence-electron chi connectivity index (χ2n) is 11.8. The van der Waals surface area contributed by atoms with Crippen molar-refractivity contribution in [1.29, 1.82) is 0 Å². The van der Waals surface area contributed by atoms with E-state index in [1.165, 1.54) is 0 Å². The van der Waals surface area contributed by atoms with Gasteiger partial charge in [0.25, 0.3) is 0 Å². The number of carbonyl (C=O) groups excluding carboxylic acids is 4. The first kappa shape index (κ1) is 31.3. The van der Waals surface area contributed by atoms with Crippen LogP contribution in [0.5, 0.6) is 0 Å². The predicted molar refractivity (Wildman–Crippen MR) is 153 cm³/mol. The number of hydrogen-bond acceptors (Lipinski definition) is 6. The van der Waals surface area contributed by atoms with Crippen LogP contribution in [0.2, 0.25) is 0 Å². The number of rotatable bonds is 16. The Bertz CT molecular complexity index is 846. The average molecular weight is 553 g/mol. The van der Waals surface area contributed by atoms with Gasteiger partial charge in [0.05, 0.1) is 13.1 Å². The molecule has 2 saturated heterocycles. The van der Waals surface area contributed by atoms with E-state index in [9.17, 15) is 19.2 Å². The minimum Gasteiger partial charge on any atom is -0.340 e. The molecule has 2 aliphatic rings. The minimum absolute atomic E-state index is 0.0191. The van der Waals surface area contributed by atoms with E-state index in [1.54, 1.807) is 9.80 Å². The molecule has 0 aromatic carbocycles. The molecule has 2 aliphatic heterocycles. The summed E-state index contributed by atoms with van der Waals surface area (Å²) in [6.45, 7) is 15.3. The predicted octanol–water partition coefficient (Wildman–Crippen LogP) is 3.81. The molecule has 2 heterocycles. The fourth-order valence-electron chi connectivity index (χ4n) is 4.70. The van der Waals surface area contributed by atoms with Gasteiger partial charge < -0.3 is 9.80 Å². The molecule has 2 fully saturated rings. The van der Waals surface area contributed by atoms with Gasteiger partial charge in [-0.2, -0.15) is 0 Å². The van der Waals surface area contributed by atoms with E-state index in [1.807, 2.05) is 23.6 Å². The highest BCUT2D eigenvalue weighted by Crippen LogP contribution is 2.28. The van der Waals surface area contributed by atoms with Gasteiger partial charge in [-0.25, -0.2) is 0 Å². The van der Waals surface area contributed by atoms with E-state index in [-0.39, 0.29) is 34.2 Å². The molecular formula is C27H44N4O4S2. The topological polar surface area (TPSA) is 81.2 Å². The first-order valence-electron chi connectivity index (χ1n) is 13.4. The summed E-state index contributed by atoms with van der Waals surface area (Å²) in [6.07, 6.45) is 3.52. The molecule has 2 amide bonds. The normalized spacial score (nSPS) is 17.0. The third-order valence-corrected chi connectivity index (χ3v) is 8.22. The van der Waals surface area contributed by atoms with Crippen LogP contribution >= 0.6 is 24.4 Å². The fraction of sp³-hybridized carbons (Fsp3) is 0.778. The van der Waals surface area contributed by atoms with E-state index < -0.39 is 0 Å². The van der Waals surface area contributed by atoms with Crippen molar-refractivity contribution in [3.05, 3.63) is 0 Å². The van der Waals surface area contributed by atoms with Crippen molar-refractivity contribution in [1.82, 2.24) is 19.6 Å². The summed E-state index contributed by atoms with van der Waals surface area (Å²) < 4.78 is 0. The van der Waals surface area contributed by atoms with Gasteiger partial charge >= 0.3 is 0 Å². The number of ketones is 2. The Morgan fingerprint density at radius 3 is 1.35 bits per heavy atom. The second kappa shape index (κ2) is 13.2. The van der Waals surface area contributed by atoms with Gasteiger partial charge in [0.15, 0.2) is 10.2 Å². The van der Waals surface area contributed by atoms with Gasteiger partial charge in [-0.05, 0) is 68.4 Å². The largest absolute Gasteiger partial charge is 0.340 e. The Kier molecular flexibility index (Phi) is 11.2. The van der Waals surface area contributed by atoms with Crippen LogP contribution in [0.4, 0.5) is 0 Å². The van der Waals surface area contributed by atoms with Crippen molar-refractivity contribution in [2.24, 2.45) is 10.8 Å². The standard InChI is InChI=1S/C27H44N4O4S2/c1-7-28-16-22(34)30(24(28)36)18-26(3,4)14-12-20(32)10-9-11-21(33)13-15-27(5,6)19-31-23(35)17-29(8-2)25(31)37/h7-19H2,1-6H3. The van der Waals surface area contributed by atoms with Crippen molar-refractivity contribution in [3.63, 3.8) is 0 Å². The maximum absolute atomic E-state index is 12.5. The summed E-state index contributed by atoms with van der Waals surface area (Å²) >= 11 is 10.9. The van der Waals surface area contributed by atoms with E-state index in [2.05, 4.69) is 27.7 Å². The van der Waals surface area contributed by atoms with Crippen LogP contribution in [-0.4, -0.2) is 92.5 Å². The van der Waals surface area contributed by atoms with Gasteiger partial charge in [0.1, 0.15) is 11.6 Å². The fourth-order valence-corrected chi connectivity index (χ4v) is 5.42. The summed E-state index contributed by atoms with van der Waals surface area (Å²) in [5.41, 5.74) is -0.457. The molecule has 0 N–H and O–H groups in total. The average Bonchev–Trinajstić information content (AvgIpc) is 3.25. The zero-order valence-electron chi connectivity index (χ0n) is 23.4. The van der Waals surface area contributed by atoms with Crippen LogP contribution in [0.25, 0.3) is 0 Å². The van der Waals surface area contributed by atoms with Gasteiger partial charge in [-0.3, -0.25) is 29.0 Å². The van der Waals surface area contributed by atoms with Crippen molar-refractivity contribution < 1.29 is 19.2 Å². The van der Waals surface area contributed by atoms with Gasteiger partial charge in [-0.15, -0.1) is 0 Å². The lowest BCUT2D eigenvalue weighted by atomic mass is 9.85. The molecule has 37 heavy (non-hydrogen) atoms. The minimum atomic E-state index is -0.228. The quantitative estimate of drug-likeness (QED) is 0.268. The van der Waals surface area contributed by atoms with Crippen molar-refractivity contribution in [2.45, 2.75) is 86.5 Å². The molecule has 0 aliphatic carbocycles. The van der Waals surface area contributed by atoms with Crippen molar-refractivity contribution >= 4 is 58.0 Å². The molecule has 0 unspecified atom stereocenters. The van der Waals surface area contributed by atoms with Crippen LogP contribution in [0.3, 0.4) is 0 Å². The highest BCUT2D eigenvalue weighted by atomic mass is 32.1. The summed E-state index contributed by atoms with van der Waals surface area (Å²) in [4.78, 5) is 56.7. The van der Waals surface area contributed by atoms with Crippen LogP contribution in [0.1, 0.15) is 86.5 Å². The molecule has 0 bridgehead atoms. The maximum Gasteiger partial charge on any atom is 0.248 e. The van der Waals surface area contributed by atoms with Crippen molar-refractivity contribution in [3.8, 4) is 0 Å². The summed E-state index contributed by atoms with van der Waals surface area (Å²) in [5, 5.41) is 1.15. The first-order valence-corrected chi connectivity index (χ1v) is 14.2. The molecule has 0 radical (unpaired) electrons. The SMILES string of the molecule is CCN1CC(=O)N(CC(C)(C)CCC(=O)CCCC(=O)CCC(C)(C)CN2C(=O)CN(CC)C2=S)C1=S. The number of carbonyl (C=O) groups is 4. The number of likely N-dealkylation sites (N-methyl/N-ethyl adjacent to an activating group) is 2. The Morgan fingerprint density at radius 2 is 1.05 bits per heavy atom. The Hall–Kier alpha value is -1.94. The molecule has 0 aromatic rings. The summed E-state index contributed by atoms with van der Waals surface area (Å²) in [7, 11) is 0. The Balaban J connectivity index is 1.67.